The number of carbonyl (C=O) groups is 1. The van der Waals surface area contributed by atoms with Crippen molar-refractivity contribution in [1.29, 1.82) is 0 Å². The number of imidazole rings is 1. The number of fused-ring (bicyclic) bond motifs is 1. The summed E-state index contributed by atoms with van der Waals surface area (Å²) in [6, 6.07) is 5.49. The molecule has 0 aliphatic heterocycles. The number of hydrogen-bond acceptors (Lipinski definition) is 3. The van der Waals surface area contributed by atoms with Crippen molar-refractivity contribution >= 4 is 17.3 Å². The van der Waals surface area contributed by atoms with Gasteiger partial charge in [0.15, 0.2) is 0 Å². The van der Waals surface area contributed by atoms with Crippen molar-refractivity contribution in [3.05, 3.63) is 46.5 Å². The van der Waals surface area contributed by atoms with Gasteiger partial charge in [-0.2, -0.15) is 0 Å². The van der Waals surface area contributed by atoms with Gasteiger partial charge in [-0.05, 0) is 37.0 Å². The Bertz CT molecular complexity index is 755. The summed E-state index contributed by atoms with van der Waals surface area (Å²) in [4.78, 5) is 24.1. The maximum atomic E-state index is 12.5. The topological polar surface area (TPSA) is 56.0 Å². The molecule has 22 heavy (non-hydrogen) atoms. The van der Waals surface area contributed by atoms with Crippen LogP contribution in [-0.4, -0.2) is 22.5 Å². The van der Waals surface area contributed by atoms with Crippen LogP contribution in [0.4, 0.5) is 0 Å². The summed E-state index contributed by atoms with van der Waals surface area (Å²) in [6.07, 6.45) is 2.94. The average molecular weight is 301 g/mol. The van der Waals surface area contributed by atoms with Gasteiger partial charge in [-0.25, -0.2) is 4.79 Å². The minimum atomic E-state index is -0.478. The molecule has 118 valence electrons. The van der Waals surface area contributed by atoms with Crippen molar-refractivity contribution < 1.29 is 4.79 Å². The summed E-state index contributed by atoms with van der Waals surface area (Å²) >= 11 is 0. The predicted octanol–water partition coefficient (Wildman–Crippen LogP) is 2.16. The third-order valence-corrected chi connectivity index (χ3v) is 4.15. The molecule has 0 fully saturated rings. The molecule has 0 aliphatic rings. The molecule has 0 saturated heterocycles. The predicted molar refractivity (Wildman–Crippen MR) is 89.1 cm³/mol. The molecule has 0 spiro atoms. The molecule has 0 aliphatic carbocycles. The number of aryl methyl sites for hydroxylation is 2. The Labute approximate surface area is 130 Å². The lowest BCUT2D eigenvalue weighted by Gasteiger charge is -2.13. The number of benzene rings is 1. The van der Waals surface area contributed by atoms with E-state index >= 15 is 0 Å². The highest BCUT2D eigenvalue weighted by molar-refractivity contribution is 5.78. The third kappa shape index (κ3) is 2.84. The van der Waals surface area contributed by atoms with Crippen LogP contribution in [0, 0.1) is 0 Å². The summed E-state index contributed by atoms with van der Waals surface area (Å²) in [7, 11) is 3.54. The van der Waals surface area contributed by atoms with Crippen LogP contribution < -0.4 is 11.0 Å². The highest BCUT2D eigenvalue weighted by Gasteiger charge is 2.19. The molecule has 1 aromatic heterocycles. The normalized spacial score (nSPS) is 12.3. The number of rotatable bonds is 7. The second-order valence-corrected chi connectivity index (χ2v) is 5.48. The molecule has 1 atom stereocenters. The van der Waals surface area contributed by atoms with Crippen LogP contribution in [0.15, 0.2) is 35.3 Å². The van der Waals surface area contributed by atoms with Gasteiger partial charge in [-0.1, -0.05) is 19.6 Å². The van der Waals surface area contributed by atoms with Gasteiger partial charge in [0, 0.05) is 19.8 Å². The van der Waals surface area contributed by atoms with E-state index in [0.717, 1.165) is 35.0 Å². The van der Waals surface area contributed by atoms with Crippen molar-refractivity contribution in [2.24, 2.45) is 7.05 Å². The summed E-state index contributed by atoms with van der Waals surface area (Å²) in [5.41, 5.74) is 3.52. The number of nitrogens with zero attached hydrogens (tertiary/aromatic N) is 2. The molecule has 1 heterocycles. The summed E-state index contributed by atoms with van der Waals surface area (Å²) in [5.74, 6) is 0. The van der Waals surface area contributed by atoms with Crippen LogP contribution >= 0.6 is 0 Å². The van der Waals surface area contributed by atoms with Crippen LogP contribution in [-0.2, 0) is 18.3 Å². The van der Waals surface area contributed by atoms with Crippen molar-refractivity contribution in [1.82, 2.24) is 14.5 Å². The molecule has 0 bridgehead atoms. The molecule has 1 N–H and O–H groups in total. The molecule has 1 unspecified atom stereocenters. The van der Waals surface area contributed by atoms with Gasteiger partial charge < -0.3 is 10.1 Å². The van der Waals surface area contributed by atoms with Gasteiger partial charge in [0.05, 0.1) is 17.1 Å². The lowest BCUT2D eigenvalue weighted by molar-refractivity contribution is -0.110. The van der Waals surface area contributed by atoms with E-state index in [2.05, 4.69) is 18.8 Å². The van der Waals surface area contributed by atoms with E-state index in [1.54, 1.807) is 23.2 Å². The first kappa shape index (κ1) is 16.1. The minimum Gasteiger partial charge on any atom is -0.392 e. The van der Waals surface area contributed by atoms with Gasteiger partial charge in [-0.3, -0.25) is 9.13 Å². The summed E-state index contributed by atoms with van der Waals surface area (Å²) in [5, 5.41) is 2.97. The smallest absolute Gasteiger partial charge is 0.329 e. The average Bonchev–Trinajstić information content (AvgIpc) is 2.79. The second kappa shape index (κ2) is 6.64. The van der Waals surface area contributed by atoms with E-state index in [1.807, 2.05) is 18.2 Å². The van der Waals surface area contributed by atoms with Crippen molar-refractivity contribution in [2.45, 2.75) is 32.2 Å². The highest BCUT2D eigenvalue weighted by Crippen LogP contribution is 2.21. The van der Waals surface area contributed by atoms with E-state index in [-0.39, 0.29) is 5.69 Å². The zero-order chi connectivity index (χ0) is 16.3. The Morgan fingerprint density at radius 1 is 1.41 bits per heavy atom. The zero-order valence-corrected chi connectivity index (χ0v) is 13.4. The lowest BCUT2D eigenvalue weighted by Crippen LogP contribution is -2.27. The fourth-order valence-electron chi connectivity index (χ4n) is 2.66. The van der Waals surface area contributed by atoms with E-state index < -0.39 is 6.04 Å². The minimum absolute atomic E-state index is 0.157. The number of aldehydes is 1. The van der Waals surface area contributed by atoms with E-state index in [1.165, 1.54) is 0 Å². The number of aromatic nitrogens is 2. The monoisotopic (exact) mass is 301 g/mol. The van der Waals surface area contributed by atoms with Crippen molar-refractivity contribution in [2.75, 3.05) is 7.05 Å². The van der Waals surface area contributed by atoms with Gasteiger partial charge in [-0.15, -0.1) is 0 Å². The fourth-order valence-corrected chi connectivity index (χ4v) is 2.66. The maximum absolute atomic E-state index is 12.5. The number of nitrogens with one attached hydrogen (secondary N) is 1. The molecular weight excluding hydrogens is 278 g/mol. The fraction of sp³-hybridized carbons (Fsp3) is 0.412. The molecule has 0 radical (unpaired) electrons. The Balaban J connectivity index is 2.51. The molecule has 2 aromatic rings. The van der Waals surface area contributed by atoms with Crippen LogP contribution in [0.5, 0.6) is 0 Å². The molecule has 0 amide bonds. The molecule has 5 nitrogen and oxygen atoms in total. The van der Waals surface area contributed by atoms with Gasteiger partial charge in [0.25, 0.3) is 0 Å². The van der Waals surface area contributed by atoms with Gasteiger partial charge in [0.1, 0.15) is 6.29 Å². The second-order valence-electron chi connectivity index (χ2n) is 5.48. The summed E-state index contributed by atoms with van der Waals surface area (Å²) in [6.45, 7) is 5.94. The van der Waals surface area contributed by atoms with Crippen LogP contribution in [0.3, 0.4) is 0 Å². The van der Waals surface area contributed by atoms with Crippen molar-refractivity contribution in [3.63, 3.8) is 0 Å². The number of carbonyl (C=O) groups excluding carboxylic acids is 1. The third-order valence-electron chi connectivity index (χ3n) is 4.15. The first-order chi connectivity index (χ1) is 10.5. The number of allylic oxidation sites excluding steroid dienone is 1. The standard InChI is InChI=1S/C17H23N3O2/c1-5-13-7-9-15-16(10-13)20(17(22)19(15)4)14(11-21)8-6-12(2)18-3/h7,9-11,14,18H,2,5-6,8H2,1,3-4H3. The quantitative estimate of drug-likeness (QED) is 0.797. The van der Waals surface area contributed by atoms with E-state index in [4.69, 9.17) is 0 Å². The lowest BCUT2D eigenvalue weighted by atomic mass is 10.1. The first-order valence-electron chi connectivity index (χ1n) is 7.54. The Hall–Kier alpha value is -2.30. The highest BCUT2D eigenvalue weighted by atomic mass is 16.2. The molecule has 1 aromatic carbocycles. The van der Waals surface area contributed by atoms with Crippen LogP contribution in [0.2, 0.25) is 0 Å². The summed E-state index contributed by atoms with van der Waals surface area (Å²) < 4.78 is 3.20. The Morgan fingerprint density at radius 3 is 2.73 bits per heavy atom. The van der Waals surface area contributed by atoms with E-state index in [9.17, 15) is 9.59 Å². The van der Waals surface area contributed by atoms with Crippen molar-refractivity contribution in [3.8, 4) is 0 Å². The van der Waals surface area contributed by atoms with E-state index in [0.29, 0.717) is 12.8 Å². The Kier molecular flexibility index (Phi) is 4.85. The Morgan fingerprint density at radius 2 is 2.14 bits per heavy atom. The largest absolute Gasteiger partial charge is 0.392 e. The number of hydrogen-bond donors (Lipinski definition) is 1. The molecule has 5 heteroatoms. The van der Waals surface area contributed by atoms with Gasteiger partial charge in [0.2, 0.25) is 0 Å². The van der Waals surface area contributed by atoms with Crippen LogP contribution in [0.25, 0.3) is 11.0 Å². The SMILES string of the molecule is C=C(CCC(C=O)n1c(=O)n(C)c2ccc(CC)cc21)NC. The zero-order valence-electron chi connectivity index (χ0n) is 13.4. The maximum Gasteiger partial charge on any atom is 0.329 e. The molecule has 2 rings (SSSR count). The van der Waals surface area contributed by atoms with Crippen LogP contribution in [0.1, 0.15) is 31.4 Å². The molecular formula is C17H23N3O2. The van der Waals surface area contributed by atoms with Gasteiger partial charge >= 0.3 is 5.69 Å². The molecule has 0 saturated carbocycles. The first-order valence-corrected chi connectivity index (χ1v) is 7.54.